The van der Waals surface area contributed by atoms with Crippen molar-refractivity contribution in [1.29, 1.82) is 0 Å². The topological polar surface area (TPSA) is 51.2 Å². The standard InChI is InChI=1S/C24H19FN2O2/c1-15-4-3-5-17(12-15)24(28)26-19-10-11-21-20(13-19)23(29-2)14-22(27-21)16-6-8-18(25)9-7-16/h3-14H,1-2H3,(H,26,28). The fourth-order valence-electron chi connectivity index (χ4n) is 3.20. The van der Waals surface area contributed by atoms with Gasteiger partial charge in [0, 0.05) is 28.3 Å². The van der Waals surface area contributed by atoms with E-state index in [1.165, 1.54) is 12.1 Å². The quantitative estimate of drug-likeness (QED) is 0.496. The Balaban J connectivity index is 1.69. The fraction of sp³-hybridized carbons (Fsp3) is 0.0833. The van der Waals surface area contributed by atoms with Crippen LogP contribution in [0.15, 0.2) is 72.8 Å². The minimum absolute atomic E-state index is 0.178. The molecule has 0 aliphatic rings. The molecule has 0 saturated heterocycles. The molecular formula is C24H19FN2O2. The van der Waals surface area contributed by atoms with Gasteiger partial charge in [0.2, 0.25) is 0 Å². The van der Waals surface area contributed by atoms with E-state index in [9.17, 15) is 9.18 Å². The number of halogens is 1. The molecule has 5 heteroatoms. The second-order valence-corrected chi connectivity index (χ2v) is 6.77. The first kappa shape index (κ1) is 18.6. The Hall–Kier alpha value is -3.73. The second-order valence-electron chi connectivity index (χ2n) is 6.77. The summed E-state index contributed by atoms with van der Waals surface area (Å²) in [5.74, 6) is 0.152. The first-order valence-corrected chi connectivity index (χ1v) is 9.16. The van der Waals surface area contributed by atoms with Crippen molar-refractivity contribution in [1.82, 2.24) is 4.98 Å². The summed E-state index contributed by atoms with van der Waals surface area (Å²) in [6.07, 6.45) is 0. The minimum atomic E-state index is -0.296. The van der Waals surface area contributed by atoms with Crippen molar-refractivity contribution in [3.63, 3.8) is 0 Å². The third-order valence-corrected chi connectivity index (χ3v) is 4.67. The number of pyridine rings is 1. The van der Waals surface area contributed by atoms with Crippen LogP contribution in [-0.4, -0.2) is 18.0 Å². The number of amides is 1. The molecule has 29 heavy (non-hydrogen) atoms. The molecule has 4 nitrogen and oxygen atoms in total. The van der Waals surface area contributed by atoms with E-state index in [0.29, 0.717) is 22.7 Å². The second kappa shape index (κ2) is 7.72. The highest BCUT2D eigenvalue weighted by Crippen LogP contribution is 2.32. The summed E-state index contributed by atoms with van der Waals surface area (Å²) in [6.45, 7) is 1.95. The summed E-state index contributed by atoms with van der Waals surface area (Å²) in [7, 11) is 1.58. The number of benzene rings is 3. The van der Waals surface area contributed by atoms with E-state index in [-0.39, 0.29) is 11.7 Å². The molecule has 0 unspecified atom stereocenters. The number of anilines is 1. The number of aryl methyl sites for hydroxylation is 1. The molecule has 0 fully saturated rings. The lowest BCUT2D eigenvalue weighted by molar-refractivity contribution is 0.102. The lowest BCUT2D eigenvalue weighted by atomic mass is 10.1. The molecular weight excluding hydrogens is 367 g/mol. The number of ether oxygens (including phenoxy) is 1. The van der Waals surface area contributed by atoms with E-state index in [4.69, 9.17) is 4.74 Å². The van der Waals surface area contributed by atoms with Gasteiger partial charge in [0.15, 0.2) is 0 Å². The van der Waals surface area contributed by atoms with Crippen molar-refractivity contribution >= 4 is 22.5 Å². The third-order valence-electron chi connectivity index (χ3n) is 4.67. The van der Waals surface area contributed by atoms with Crippen molar-refractivity contribution in [3.05, 3.63) is 89.7 Å². The van der Waals surface area contributed by atoms with Crippen molar-refractivity contribution in [2.75, 3.05) is 12.4 Å². The van der Waals surface area contributed by atoms with Gasteiger partial charge in [0.1, 0.15) is 11.6 Å². The molecule has 0 bridgehead atoms. The predicted octanol–water partition coefficient (Wildman–Crippen LogP) is 5.61. The molecule has 0 atom stereocenters. The molecule has 0 aliphatic carbocycles. The number of hydrogen-bond donors (Lipinski definition) is 1. The molecule has 144 valence electrons. The van der Waals surface area contributed by atoms with Gasteiger partial charge < -0.3 is 10.1 Å². The molecule has 0 saturated carbocycles. The molecule has 4 rings (SSSR count). The molecule has 0 spiro atoms. The number of methoxy groups -OCH3 is 1. The van der Waals surface area contributed by atoms with Crippen molar-refractivity contribution in [3.8, 4) is 17.0 Å². The van der Waals surface area contributed by atoms with Gasteiger partial charge in [-0.3, -0.25) is 4.79 Å². The number of carbonyl (C=O) groups is 1. The SMILES string of the molecule is COc1cc(-c2ccc(F)cc2)nc2ccc(NC(=O)c3cccc(C)c3)cc12. The maximum atomic E-state index is 13.2. The molecule has 1 aromatic heterocycles. The Morgan fingerprint density at radius 2 is 1.79 bits per heavy atom. The van der Waals surface area contributed by atoms with Gasteiger partial charge >= 0.3 is 0 Å². The lowest BCUT2D eigenvalue weighted by Crippen LogP contribution is -2.11. The van der Waals surface area contributed by atoms with Gasteiger partial charge in [-0.2, -0.15) is 0 Å². The number of nitrogens with zero attached hydrogens (tertiary/aromatic N) is 1. The lowest BCUT2D eigenvalue weighted by Gasteiger charge is -2.11. The van der Waals surface area contributed by atoms with Gasteiger partial charge in [-0.1, -0.05) is 17.7 Å². The highest BCUT2D eigenvalue weighted by molar-refractivity contribution is 6.05. The van der Waals surface area contributed by atoms with E-state index < -0.39 is 0 Å². The Morgan fingerprint density at radius 1 is 1.00 bits per heavy atom. The van der Waals surface area contributed by atoms with Gasteiger partial charge in [-0.15, -0.1) is 0 Å². The summed E-state index contributed by atoms with van der Waals surface area (Å²) < 4.78 is 18.8. The molecule has 0 aliphatic heterocycles. The number of rotatable bonds is 4. The van der Waals surface area contributed by atoms with E-state index in [0.717, 1.165) is 22.0 Å². The molecule has 3 aromatic carbocycles. The first-order chi connectivity index (χ1) is 14.0. The number of fused-ring (bicyclic) bond motifs is 1. The zero-order valence-corrected chi connectivity index (χ0v) is 16.1. The molecule has 0 radical (unpaired) electrons. The van der Waals surface area contributed by atoms with Crippen LogP contribution in [0.4, 0.5) is 10.1 Å². The predicted molar refractivity (Wildman–Crippen MR) is 113 cm³/mol. The number of nitrogens with one attached hydrogen (secondary N) is 1. The fourth-order valence-corrected chi connectivity index (χ4v) is 3.20. The number of hydrogen-bond acceptors (Lipinski definition) is 3. The van der Waals surface area contributed by atoms with Crippen LogP contribution in [0.5, 0.6) is 5.75 Å². The summed E-state index contributed by atoms with van der Waals surface area (Å²) >= 11 is 0. The summed E-state index contributed by atoms with van der Waals surface area (Å²) in [5.41, 5.74) is 4.47. The van der Waals surface area contributed by atoms with E-state index in [1.54, 1.807) is 31.4 Å². The minimum Gasteiger partial charge on any atom is -0.496 e. The smallest absolute Gasteiger partial charge is 0.255 e. The van der Waals surface area contributed by atoms with Crippen LogP contribution in [0, 0.1) is 12.7 Å². The van der Waals surface area contributed by atoms with Crippen LogP contribution in [0.25, 0.3) is 22.2 Å². The van der Waals surface area contributed by atoms with Crippen LogP contribution in [0.1, 0.15) is 15.9 Å². The maximum Gasteiger partial charge on any atom is 0.255 e. The van der Waals surface area contributed by atoms with E-state index >= 15 is 0 Å². The largest absolute Gasteiger partial charge is 0.496 e. The van der Waals surface area contributed by atoms with Crippen molar-refractivity contribution < 1.29 is 13.9 Å². The third kappa shape index (κ3) is 3.94. The summed E-state index contributed by atoms with van der Waals surface area (Å²) in [6, 6.07) is 20.9. The van der Waals surface area contributed by atoms with Crippen LogP contribution >= 0.6 is 0 Å². The normalized spacial score (nSPS) is 10.7. The van der Waals surface area contributed by atoms with Gasteiger partial charge in [-0.05, 0) is 61.5 Å². The van der Waals surface area contributed by atoms with Crippen molar-refractivity contribution in [2.45, 2.75) is 6.92 Å². The van der Waals surface area contributed by atoms with Gasteiger partial charge in [0.25, 0.3) is 5.91 Å². The van der Waals surface area contributed by atoms with Crippen molar-refractivity contribution in [2.24, 2.45) is 0 Å². The Bertz CT molecular complexity index is 1200. The van der Waals surface area contributed by atoms with E-state index in [2.05, 4.69) is 10.3 Å². The molecule has 1 amide bonds. The summed E-state index contributed by atoms with van der Waals surface area (Å²) in [4.78, 5) is 17.2. The number of aromatic nitrogens is 1. The Labute approximate surface area is 168 Å². The zero-order valence-electron chi connectivity index (χ0n) is 16.1. The highest BCUT2D eigenvalue weighted by Gasteiger charge is 2.11. The molecule has 1 heterocycles. The zero-order chi connectivity index (χ0) is 20.4. The first-order valence-electron chi connectivity index (χ1n) is 9.16. The van der Waals surface area contributed by atoms with Crippen LogP contribution in [0.2, 0.25) is 0 Å². The number of carbonyl (C=O) groups excluding carboxylic acids is 1. The highest BCUT2D eigenvalue weighted by atomic mass is 19.1. The average molecular weight is 386 g/mol. The Kier molecular flexibility index (Phi) is 4.96. The summed E-state index contributed by atoms with van der Waals surface area (Å²) in [5, 5.41) is 3.70. The van der Waals surface area contributed by atoms with Crippen LogP contribution in [-0.2, 0) is 0 Å². The van der Waals surface area contributed by atoms with Gasteiger partial charge in [-0.25, -0.2) is 9.37 Å². The van der Waals surface area contributed by atoms with Crippen LogP contribution in [0.3, 0.4) is 0 Å². The Morgan fingerprint density at radius 3 is 2.52 bits per heavy atom. The monoisotopic (exact) mass is 386 g/mol. The molecule has 4 aromatic rings. The molecule has 1 N–H and O–H groups in total. The maximum absolute atomic E-state index is 13.2. The van der Waals surface area contributed by atoms with Gasteiger partial charge in [0.05, 0.1) is 18.3 Å². The van der Waals surface area contributed by atoms with Crippen LogP contribution < -0.4 is 10.1 Å². The average Bonchev–Trinajstić information content (AvgIpc) is 2.73. The van der Waals surface area contributed by atoms with E-state index in [1.807, 2.05) is 43.3 Å².